The Bertz CT molecular complexity index is 1240. The highest BCUT2D eigenvalue weighted by Crippen LogP contribution is 2.63. The number of hydrogen-bond acceptors (Lipinski definition) is 8. The summed E-state index contributed by atoms with van der Waals surface area (Å²) < 4.78 is 11.8. The molecule has 2 heterocycles. The van der Waals surface area contributed by atoms with Gasteiger partial charge in [-0.2, -0.15) is 0 Å². The van der Waals surface area contributed by atoms with Crippen molar-refractivity contribution in [3.8, 4) is 11.5 Å². The lowest BCUT2D eigenvalue weighted by molar-refractivity contribution is -0.159. The van der Waals surface area contributed by atoms with Crippen LogP contribution in [0.25, 0.3) is 0 Å². The first-order chi connectivity index (χ1) is 18.6. The number of aromatic hydroxyl groups is 1. The van der Waals surface area contributed by atoms with Gasteiger partial charge in [0.05, 0.1) is 16.6 Å². The number of phenolic OH excluding ortho intramolecular Hbond substituents is 1. The van der Waals surface area contributed by atoms with Crippen LogP contribution in [0.2, 0.25) is 0 Å². The van der Waals surface area contributed by atoms with E-state index in [0.717, 1.165) is 17.7 Å². The number of esters is 1. The summed E-state index contributed by atoms with van der Waals surface area (Å²) in [6.07, 6.45) is 2.42. The van der Waals surface area contributed by atoms with Gasteiger partial charge in [-0.3, -0.25) is 9.69 Å². The highest BCUT2D eigenvalue weighted by Gasteiger charge is 2.69. The van der Waals surface area contributed by atoms with Crippen LogP contribution in [0.4, 0.5) is 0 Å². The van der Waals surface area contributed by atoms with Crippen molar-refractivity contribution in [1.82, 2.24) is 10.2 Å². The Balaban J connectivity index is 1.51. The summed E-state index contributed by atoms with van der Waals surface area (Å²) >= 11 is 0. The van der Waals surface area contributed by atoms with E-state index in [-0.39, 0.29) is 34.8 Å². The first-order valence-electron chi connectivity index (χ1n) is 14.5. The molecule has 4 aliphatic rings. The average Bonchev–Trinajstić information content (AvgIpc) is 3.59. The highest BCUT2D eigenvalue weighted by atomic mass is 16.6. The average molecular weight is 557 g/mol. The van der Waals surface area contributed by atoms with Crippen molar-refractivity contribution in [2.45, 2.75) is 109 Å². The maximum Gasteiger partial charge on any atom is 0.329 e. The quantitative estimate of drug-likeness (QED) is 0.228. The Labute approximate surface area is 236 Å². The molecule has 5 atom stereocenters. The van der Waals surface area contributed by atoms with Crippen LogP contribution >= 0.6 is 0 Å². The number of aliphatic hydroxyl groups excluding tert-OH is 1. The minimum absolute atomic E-state index is 0.0132. The second-order valence-electron chi connectivity index (χ2n) is 13.7. The zero-order chi connectivity index (χ0) is 29.4. The molecule has 9 heteroatoms. The van der Waals surface area contributed by atoms with Crippen LogP contribution in [0.1, 0.15) is 78.9 Å². The molecule has 9 nitrogen and oxygen atoms in total. The molecule has 1 spiro atoms. The van der Waals surface area contributed by atoms with Crippen molar-refractivity contribution in [3.63, 3.8) is 0 Å². The van der Waals surface area contributed by atoms with E-state index >= 15 is 0 Å². The second-order valence-corrected chi connectivity index (χ2v) is 13.7. The molecule has 2 aliphatic heterocycles. The van der Waals surface area contributed by atoms with E-state index in [2.05, 4.69) is 10.2 Å². The lowest BCUT2D eigenvalue weighted by Gasteiger charge is -2.59. The van der Waals surface area contributed by atoms with E-state index < -0.39 is 40.6 Å². The summed E-state index contributed by atoms with van der Waals surface area (Å²) in [7, 11) is 0. The van der Waals surface area contributed by atoms with Gasteiger partial charge in [0, 0.05) is 18.2 Å². The number of amides is 1. The molecule has 2 bridgehead atoms. The van der Waals surface area contributed by atoms with Crippen LogP contribution < -0.4 is 10.1 Å². The monoisotopic (exact) mass is 556 g/mol. The van der Waals surface area contributed by atoms with Gasteiger partial charge in [-0.25, -0.2) is 4.79 Å². The predicted octanol–water partition coefficient (Wildman–Crippen LogP) is 3.50. The normalized spacial score (nSPS) is 30.7. The van der Waals surface area contributed by atoms with Crippen molar-refractivity contribution in [1.29, 1.82) is 0 Å². The molecule has 1 aromatic carbocycles. The fourth-order valence-electron chi connectivity index (χ4n) is 7.00. The van der Waals surface area contributed by atoms with Crippen LogP contribution in [0, 0.1) is 11.8 Å². The third-order valence-electron chi connectivity index (χ3n) is 9.33. The maximum atomic E-state index is 13.4. The molecule has 4 N–H and O–H groups in total. The first-order valence-corrected chi connectivity index (χ1v) is 14.5. The molecule has 2 aliphatic carbocycles. The molecule has 0 unspecified atom stereocenters. The Kier molecular flexibility index (Phi) is 6.94. The van der Waals surface area contributed by atoms with Crippen LogP contribution in [0.3, 0.4) is 0 Å². The summed E-state index contributed by atoms with van der Waals surface area (Å²) in [4.78, 5) is 28.7. The first kappa shape index (κ1) is 28.7. The van der Waals surface area contributed by atoms with Gasteiger partial charge in [-0.05, 0) is 90.3 Å². The Morgan fingerprint density at radius 2 is 1.93 bits per heavy atom. The zero-order valence-corrected chi connectivity index (χ0v) is 24.7. The predicted molar refractivity (Wildman–Crippen MR) is 149 cm³/mol. The van der Waals surface area contributed by atoms with Gasteiger partial charge >= 0.3 is 5.97 Å². The van der Waals surface area contributed by atoms with Crippen LogP contribution in [-0.2, 0) is 26.2 Å². The Morgan fingerprint density at radius 3 is 2.52 bits per heavy atom. The number of aliphatic hydroxyl groups is 2. The van der Waals surface area contributed by atoms with Crippen LogP contribution in [0.5, 0.6) is 11.5 Å². The van der Waals surface area contributed by atoms with Gasteiger partial charge in [0.15, 0.2) is 17.6 Å². The second kappa shape index (κ2) is 9.65. The number of nitrogens with zero attached hydrogens (tertiary/aromatic N) is 1. The van der Waals surface area contributed by atoms with Gasteiger partial charge in [-0.15, -0.1) is 0 Å². The number of fused-ring (bicyclic) bond motifs is 1. The number of rotatable bonds is 7. The third kappa shape index (κ3) is 4.55. The molecule has 40 heavy (non-hydrogen) atoms. The number of phenols is 1. The van der Waals surface area contributed by atoms with Crippen LogP contribution in [0.15, 0.2) is 23.5 Å². The Hall–Kier alpha value is -2.78. The molecule has 0 radical (unpaired) electrons. The fourth-order valence-corrected chi connectivity index (χ4v) is 7.00. The Morgan fingerprint density at radius 1 is 1.25 bits per heavy atom. The van der Waals surface area contributed by atoms with Crippen molar-refractivity contribution in [3.05, 3.63) is 34.6 Å². The number of hydrogen-bond donors (Lipinski definition) is 4. The summed E-state index contributed by atoms with van der Waals surface area (Å²) in [5.74, 6) is -0.907. The molecular weight excluding hydrogens is 512 g/mol. The van der Waals surface area contributed by atoms with E-state index in [4.69, 9.17) is 9.47 Å². The lowest BCUT2D eigenvalue weighted by Crippen LogP contribution is -2.73. The standard InChI is InChI=1S/C31H44N2O7/c1-16(2)23(28(37)40-29(4,5)6)32-27(36)17(3)24(35)26-31-12-13-33(15-18-8-9-18)21(30(31,7)38)14-19-10-11-20(34)25(39-26)22(19)31/h10-11,16,18,21,23,26,34-35,38H,8-9,12-15H2,1-7H3,(H,32,36)/b24-17-/t21-,23-,26+,30-,31+/m1/s1. The molecule has 1 aromatic rings. The minimum atomic E-state index is -1.31. The number of carbonyl (C=O) groups excluding carboxylic acids is 2. The van der Waals surface area contributed by atoms with Gasteiger partial charge in [-0.1, -0.05) is 19.9 Å². The molecule has 1 saturated carbocycles. The van der Waals surface area contributed by atoms with Gasteiger partial charge in [0.1, 0.15) is 17.4 Å². The smallest absolute Gasteiger partial charge is 0.329 e. The highest BCUT2D eigenvalue weighted by molar-refractivity contribution is 5.96. The summed E-state index contributed by atoms with van der Waals surface area (Å²) in [6, 6.07) is 2.36. The number of piperidine rings is 1. The van der Waals surface area contributed by atoms with E-state index in [1.54, 1.807) is 33.8 Å². The van der Waals surface area contributed by atoms with Gasteiger partial charge < -0.3 is 30.1 Å². The lowest BCUT2D eigenvalue weighted by atomic mass is 9.53. The van der Waals surface area contributed by atoms with Crippen molar-refractivity contribution < 1.29 is 34.4 Å². The minimum Gasteiger partial charge on any atom is -0.508 e. The number of nitrogens with one attached hydrogen (secondary N) is 1. The van der Waals surface area contributed by atoms with Gasteiger partial charge in [0.25, 0.3) is 5.91 Å². The number of benzene rings is 1. The van der Waals surface area contributed by atoms with Crippen molar-refractivity contribution in [2.75, 3.05) is 13.1 Å². The number of carbonyl (C=O) groups is 2. The summed E-state index contributed by atoms with van der Waals surface area (Å²) in [5.41, 5.74) is -1.40. The zero-order valence-electron chi connectivity index (χ0n) is 24.7. The maximum absolute atomic E-state index is 13.4. The molecule has 220 valence electrons. The molecule has 1 saturated heterocycles. The third-order valence-corrected chi connectivity index (χ3v) is 9.33. The molecule has 2 fully saturated rings. The fraction of sp³-hybridized carbons (Fsp3) is 0.677. The topological polar surface area (TPSA) is 129 Å². The van der Waals surface area contributed by atoms with Crippen molar-refractivity contribution in [2.24, 2.45) is 11.8 Å². The number of likely N-dealkylation sites (tertiary alicyclic amines) is 1. The summed E-state index contributed by atoms with van der Waals surface area (Å²) in [6.45, 7) is 13.8. The number of ether oxygens (including phenoxy) is 2. The largest absolute Gasteiger partial charge is 0.508 e. The van der Waals surface area contributed by atoms with E-state index in [1.165, 1.54) is 19.8 Å². The molecule has 5 rings (SSSR count). The van der Waals surface area contributed by atoms with E-state index in [0.29, 0.717) is 25.3 Å². The van der Waals surface area contributed by atoms with Crippen molar-refractivity contribution >= 4 is 11.9 Å². The molecule has 1 amide bonds. The van der Waals surface area contributed by atoms with E-state index in [1.807, 2.05) is 19.9 Å². The SMILES string of the molecule is C/C(C(=O)N[C@@H](C(=O)OC(C)(C)C)C(C)C)=C(/O)[C@@H]1Oc2c(O)ccc3c2[C@@]12CCN(CC1CC1)[C@H](C3)[C@@]2(C)O. The van der Waals surface area contributed by atoms with E-state index in [9.17, 15) is 24.9 Å². The molecular formula is C31H44N2O7. The summed E-state index contributed by atoms with van der Waals surface area (Å²) in [5, 5.41) is 37.5. The van der Waals surface area contributed by atoms with Crippen LogP contribution in [-0.4, -0.2) is 74.6 Å². The van der Waals surface area contributed by atoms with Gasteiger partial charge in [0.2, 0.25) is 0 Å². The molecule has 0 aromatic heterocycles.